The Morgan fingerprint density at radius 2 is 1.91 bits per heavy atom. The molecule has 0 bridgehead atoms. The van der Waals surface area contributed by atoms with Crippen LogP contribution in [0.15, 0.2) is 36.4 Å². The summed E-state index contributed by atoms with van der Waals surface area (Å²) in [5.41, 5.74) is 0.277. The molecule has 174 valence electrons. The zero-order valence-corrected chi connectivity index (χ0v) is 19.1. The Morgan fingerprint density at radius 1 is 1.22 bits per heavy atom. The summed E-state index contributed by atoms with van der Waals surface area (Å²) in [5, 5.41) is 2.80. The van der Waals surface area contributed by atoms with Crippen molar-refractivity contribution in [2.24, 2.45) is 0 Å². The number of nitrogens with one attached hydrogen (secondary N) is 1. The van der Waals surface area contributed by atoms with Crippen LogP contribution in [-0.4, -0.2) is 54.1 Å². The van der Waals surface area contributed by atoms with Crippen LogP contribution >= 0.6 is 0 Å². The predicted molar refractivity (Wildman–Crippen MR) is 118 cm³/mol. The van der Waals surface area contributed by atoms with E-state index in [1.165, 1.54) is 44.6 Å². The molecule has 0 saturated carbocycles. The molecule has 0 spiro atoms. The van der Waals surface area contributed by atoms with Crippen LogP contribution in [0.4, 0.5) is 10.1 Å². The molecule has 1 fully saturated rings. The van der Waals surface area contributed by atoms with Gasteiger partial charge in [0.2, 0.25) is 10.0 Å². The van der Waals surface area contributed by atoms with Gasteiger partial charge in [-0.2, -0.15) is 0 Å². The second kappa shape index (κ2) is 10.2. The lowest BCUT2D eigenvalue weighted by Crippen LogP contribution is -2.35. The van der Waals surface area contributed by atoms with Gasteiger partial charge in [-0.1, -0.05) is 18.2 Å². The second-order valence-electron chi connectivity index (χ2n) is 7.43. The van der Waals surface area contributed by atoms with E-state index in [0.717, 1.165) is 23.4 Å². The molecule has 0 unspecified atom stereocenters. The summed E-state index contributed by atoms with van der Waals surface area (Å²) < 4.78 is 56.9. The molecule has 0 aromatic heterocycles. The highest BCUT2D eigenvalue weighted by Gasteiger charge is 2.28. The first-order valence-electron chi connectivity index (χ1n) is 10.1. The van der Waals surface area contributed by atoms with Crippen molar-refractivity contribution in [1.82, 2.24) is 5.32 Å². The molecule has 2 aromatic rings. The van der Waals surface area contributed by atoms with E-state index in [4.69, 9.17) is 14.2 Å². The highest BCUT2D eigenvalue weighted by Crippen LogP contribution is 2.37. The number of ether oxygens (including phenoxy) is 3. The summed E-state index contributed by atoms with van der Waals surface area (Å²) in [6, 6.07) is 8.69. The number of benzene rings is 2. The van der Waals surface area contributed by atoms with E-state index in [2.05, 4.69) is 5.32 Å². The molecule has 1 atom stereocenters. The molecule has 1 aliphatic rings. The molecule has 1 amide bonds. The summed E-state index contributed by atoms with van der Waals surface area (Å²) in [6.45, 7) is 0.637. The minimum absolute atomic E-state index is 0.0539. The van der Waals surface area contributed by atoms with Gasteiger partial charge >= 0.3 is 0 Å². The third-order valence-electron chi connectivity index (χ3n) is 5.20. The van der Waals surface area contributed by atoms with Crippen molar-refractivity contribution in [3.63, 3.8) is 0 Å². The van der Waals surface area contributed by atoms with Crippen molar-refractivity contribution in [3.05, 3.63) is 53.3 Å². The molecule has 0 aliphatic carbocycles. The number of nitrogens with zero attached hydrogens (tertiary/aromatic N) is 1. The summed E-state index contributed by atoms with van der Waals surface area (Å²) in [7, 11) is -1.08. The Balaban J connectivity index is 2.05. The maximum absolute atomic E-state index is 14.3. The standard InChI is InChI=1S/C22H27FN2O6S/c1-29-20-11-17(22(26)24-13-16-8-6-10-31-16)19(12-21(20)30-2)25(32(3,27)28)14-15-7-4-5-9-18(15)23/h4-5,7,9,11-12,16H,6,8,10,13-14H2,1-3H3,(H,24,26)/t16-/m1/s1. The van der Waals surface area contributed by atoms with Gasteiger partial charge in [0.15, 0.2) is 11.5 Å². The molecule has 0 radical (unpaired) electrons. The Labute approximate surface area is 187 Å². The van der Waals surface area contributed by atoms with Crippen LogP contribution in [0.2, 0.25) is 0 Å². The number of hydrogen-bond donors (Lipinski definition) is 1. The van der Waals surface area contributed by atoms with E-state index in [9.17, 15) is 17.6 Å². The van der Waals surface area contributed by atoms with Crippen LogP contribution in [0.25, 0.3) is 0 Å². The molecule has 2 aromatic carbocycles. The Kier molecular flexibility index (Phi) is 7.57. The van der Waals surface area contributed by atoms with E-state index in [-0.39, 0.29) is 41.0 Å². The van der Waals surface area contributed by atoms with Crippen molar-refractivity contribution < 1.29 is 31.8 Å². The quantitative estimate of drug-likeness (QED) is 0.611. The van der Waals surface area contributed by atoms with Gasteiger partial charge in [0.1, 0.15) is 5.82 Å². The summed E-state index contributed by atoms with van der Waals surface area (Å²) >= 11 is 0. The Morgan fingerprint density at radius 3 is 2.50 bits per heavy atom. The molecule has 1 N–H and O–H groups in total. The van der Waals surface area contributed by atoms with Crippen LogP contribution in [0, 0.1) is 5.82 Å². The van der Waals surface area contributed by atoms with Crippen molar-refractivity contribution in [2.45, 2.75) is 25.5 Å². The molecule has 1 saturated heterocycles. The van der Waals surface area contributed by atoms with Gasteiger partial charge in [-0.3, -0.25) is 9.10 Å². The van der Waals surface area contributed by atoms with Crippen LogP contribution in [0.1, 0.15) is 28.8 Å². The van der Waals surface area contributed by atoms with E-state index >= 15 is 0 Å². The molecular formula is C22H27FN2O6S. The summed E-state index contributed by atoms with van der Waals surface area (Å²) in [4.78, 5) is 13.1. The van der Waals surface area contributed by atoms with Crippen LogP contribution in [0.5, 0.6) is 11.5 Å². The minimum Gasteiger partial charge on any atom is -0.493 e. The number of rotatable bonds is 9. The highest BCUT2D eigenvalue weighted by atomic mass is 32.2. The SMILES string of the molecule is COc1cc(C(=O)NC[C@H]2CCCO2)c(N(Cc2ccccc2F)S(C)(=O)=O)cc1OC. The number of anilines is 1. The smallest absolute Gasteiger partial charge is 0.253 e. The number of carbonyl (C=O) groups is 1. The van der Waals surface area contributed by atoms with Crippen molar-refractivity contribution >= 4 is 21.6 Å². The van der Waals surface area contributed by atoms with Gasteiger partial charge in [-0.25, -0.2) is 12.8 Å². The van der Waals surface area contributed by atoms with Crippen molar-refractivity contribution in [1.29, 1.82) is 0 Å². The first-order valence-corrected chi connectivity index (χ1v) is 12.0. The van der Waals surface area contributed by atoms with E-state index in [0.29, 0.717) is 13.2 Å². The first-order chi connectivity index (χ1) is 15.2. The predicted octanol–water partition coefficient (Wildman–Crippen LogP) is 2.72. The Hall–Kier alpha value is -2.85. The van der Waals surface area contributed by atoms with Crippen molar-refractivity contribution in [3.8, 4) is 11.5 Å². The summed E-state index contributed by atoms with van der Waals surface area (Å²) in [5.74, 6) is -0.553. The largest absolute Gasteiger partial charge is 0.493 e. The van der Waals surface area contributed by atoms with Crippen LogP contribution in [-0.2, 0) is 21.3 Å². The van der Waals surface area contributed by atoms with Gasteiger partial charge in [0, 0.05) is 24.8 Å². The summed E-state index contributed by atoms with van der Waals surface area (Å²) in [6.07, 6.45) is 2.67. The average molecular weight is 467 g/mol. The second-order valence-corrected chi connectivity index (χ2v) is 9.34. The van der Waals surface area contributed by atoms with E-state index in [1.807, 2.05) is 0 Å². The normalized spacial score (nSPS) is 15.9. The number of sulfonamides is 1. The minimum atomic E-state index is -3.90. The fourth-order valence-electron chi connectivity index (χ4n) is 3.53. The zero-order valence-electron chi connectivity index (χ0n) is 18.3. The fraction of sp³-hybridized carbons (Fsp3) is 0.409. The number of amides is 1. The molecule has 1 heterocycles. The number of hydrogen-bond acceptors (Lipinski definition) is 6. The molecule has 1 aliphatic heterocycles. The lowest BCUT2D eigenvalue weighted by molar-refractivity contribution is 0.0858. The topological polar surface area (TPSA) is 94.2 Å². The van der Waals surface area contributed by atoms with Gasteiger partial charge in [0.25, 0.3) is 5.91 Å². The Bertz CT molecular complexity index is 1070. The molecule has 8 nitrogen and oxygen atoms in total. The molecule has 32 heavy (non-hydrogen) atoms. The average Bonchev–Trinajstić information content (AvgIpc) is 3.29. The maximum Gasteiger partial charge on any atom is 0.253 e. The number of methoxy groups -OCH3 is 2. The molecule has 10 heteroatoms. The van der Waals surface area contributed by atoms with Gasteiger partial charge in [0.05, 0.1) is 44.4 Å². The first kappa shape index (κ1) is 23.8. The zero-order chi connectivity index (χ0) is 23.3. The fourth-order valence-corrected chi connectivity index (χ4v) is 4.41. The lowest BCUT2D eigenvalue weighted by Gasteiger charge is -2.26. The van der Waals surface area contributed by atoms with Crippen LogP contribution in [0.3, 0.4) is 0 Å². The molecular weight excluding hydrogens is 439 g/mol. The van der Waals surface area contributed by atoms with E-state index in [1.54, 1.807) is 6.07 Å². The number of halogens is 1. The maximum atomic E-state index is 14.3. The van der Waals surface area contributed by atoms with Crippen molar-refractivity contribution in [2.75, 3.05) is 37.9 Å². The third kappa shape index (κ3) is 5.49. The lowest BCUT2D eigenvalue weighted by atomic mass is 10.1. The highest BCUT2D eigenvalue weighted by molar-refractivity contribution is 7.92. The third-order valence-corrected chi connectivity index (χ3v) is 6.33. The monoisotopic (exact) mass is 466 g/mol. The molecule has 3 rings (SSSR count). The number of carbonyl (C=O) groups excluding carboxylic acids is 1. The van der Waals surface area contributed by atoms with Crippen LogP contribution < -0.4 is 19.1 Å². The van der Waals surface area contributed by atoms with Gasteiger partial charge < -0.3 is 19.5 Å². The van der Waals surface area contributed by atoms with Gasteiger partial charge in [-0.15, -0.1) is 0 Å². The van der Waals surface area contributed by atoms with E-state index < -0.39 is 21.7 Å². The van der Waals surface area contributed by atoms with Gasteiger partial charge in [-0.05, 0) is 25.0 Å².